The van der Waals surface area contributed by atoms with Crippen LogP contribution in [-0.2, 0) is 14.8 Å². The molecule has 176 valence electrons. The molecule has 0 spiro atoms. The van der Waals surface area contributed by atoms with Gasteiger partial charge in [0.1, 0.15) is 0 Å². The summed E-state index contributed by atoms with van der Waals surface area (Å²) >= 11 is 6.28. The minimum Gasteiger partial charge on any atom is -0.323 e. The Bertz CT molecular complexity index is 1210. The molecule has 0 fully saturated rings. The van der Waals surface area contributed by atoms with Crippen molar-refractivity contribution in [2.45, 2.75) is 38.6 Å². The average molecular weight is 491 g/mol. The summed E-state index contributed by atoms with van der Waals surface area (Å²) in [6.07, 6.45) is 0. The van der Waals surface area contributed by atoms with Gasteiger partial charge in [0.25, 0.3) is 5.91 Å². The number of hydrogen-bond acceptors (Lipinski definition) is 6. The van der Waals surface area contributed by atoms with Crippen molar-refractivity contribution in [2.24, 2.45) is 5.92 Å². The number of benzene rings is 2. The lowest BCUT2D eigenvalue weighted by atomic mass is 10.0. The molecule has 0 aliphatic carbocycles. The van der Waals surface area contributed by atoms with Gasteiger partial charge in [-0.15, -0.1) is 10.2 Å². The third kappa shape index (κ3) is 5.40. The van der Waals surface area contributed by atoms with Crippen LogP contribution in [0, 0.1) is 5.92 Å². The standard InChI is InChI=1S/C22H27ClN6O3S/c1-5-28(6-2)33(31,32)17-12-13-18(23)19(14-17)24-22(30)20(15(3)4)29-26-21(25-27-29)16-10-8-7-9-11-16/h7-15,20H,5-6H2,1-4H3,(H,24,30). The smallest absolute Gasteiger partial charge is 0.251 e. The highest BCUT2D eigenvalue weighted by Crippen LogP contribution is 2.29. The zero-order valence-electron chi connectivity index (χ0n) is 18.9. The van der Waals surface area contributed by atoms with E-state index >= 15 is 0 Å². The molecule has 1 unspecified atom stereocenters. The largest absolute Gasteiger partial charge is 0.323 e. The first-order valence-electron chi connectivity index (χ1n) is 10.6. The molecule has 0 aliphatic heterocycles. The maximum Gasteiger partial charge on any atom is 0.251 e. The van der Waals surface area contributed by atoms with Crippen LogP contribution in [0.1, 0.15) is 33.7 Å². The molecule has 0 saturated carbocycles. The van der Waals surface area contributed by atoms with E-state index in [1.165, 1.54) is 27.3 Å². The van der Waals surface area contributed by atoms with Crippen molar-refractivity contribution < 1.29 is 13.2 Å². The third-order valence-corrected chi connectivity index (χ3v) is 7.52. The zero-order chi connectivity index (χ0) is 24.2. The lowest BCUT2D eigenvalue weighted by Gasteiger charge is -2.21. The van der Waals surface area contributed by atoms with Crippen molar-refractivity contribution in [1.82, 2.24) is 24.5 Å². The topological polar surface area (TPSA) is 110 Å². The predicted octanol–water partition coefficient (Wildman–Crippen LogP) is 3.86. The Morgan fingerprint density at radius 1 is 1.12 bits per heavy atom. The summed E-state index contributed by atoms with van der Waals surface area (Å²) in [5.74, 6) is -0.204. The lowest BCUT2D eigenvalue weighted by molar-refractivity contribution is -0.121. The normalized spacial score (nSPS) is 12.8. The average Bonchev–Trinajstić information content (AvgIpc) is 3.25. The fourth-order valence-electron chi connectivity index (χ4n) is 3.40. The minimum atomic E-state index is -3.71. The Hall–Kier alpha value is -2.82. The Morgan fingerprint density at radius 2 is 1.79 bits per heavy atom. The molecule has 0 radical (unpaired) electrons. The molecule has 0 saturated heterocycles. The predicted molar refractivity (Wildman–Crippen MR) is 127 cm³/mol. The van der Waals surface area contributed by atoms with Crippen molar-refractivity contribution in [3.05, 3.63) is 53.6 Å². The van der Waals surface area contributed by atoms with E-state index in [0.29, 0.717) is 18.9 Å². The van der Waals surface area contributed by atoms with E-state index in [0.717, 1.165) is 5.56 Å². The number of amides is 1. The van der Waals surface area contributed by atoms with Gasteiger partial charge in [0.2, 0.25) is 15.8 Å². The maximum atomic E-state index is 13.2. The van der Waals surface area contributed by atoms with E-state index in [2.05, 4.69) is 20.7 Å². The van der Waals surface area contributed by atoms with Crippen molar-refractivity contribution in [3.8, 4) is 11.4 Å². The molecule has 0 bridgehead atoms. The lowest BCUT2D eigenvalue weighted by Crippen LogP contribution is -2.32. The second-order valence-corrected chi connectivity index (χ2v) is 10.1. The summed E-state index contributed by atoms with van der Waals surface area (Å²) in [5.41, 5.74) is 0.980. The molecule has 0 aliphatic rings. The first-order valence-corrected chi connectivity index (χ1v) is 12.5. The Balaban J connectivity index is 1.89. The van der Waals surface area contributed by atoms with Gasteiger partial charge in [-0.05, 0) is 29.3 Å². The second-order valence-electron chi connectivity index (χ2n) is 7.71. The molecular weight excluding hydrogens is 464 g/mol. The van der Waals surface area contributed by atoms with Crippen LogP contribution in [0.2, 0.25) is 5.02 Å². The molecular formula is C22H27ClN6O3S. The minimum absolute atomic E-state index is 0.0530. The van der Waals surface area contributed by atoms with Crippen molar-refractivity contribution in [1.29, 1.82) is 0 Å². The van der Waals surface area contributed by atoms with E-state index in [-0.39, 0.29) is 21.5 Å². The number of carbonyl (C=O) groups is 1. The van der Waals surface area contributed by atoms with E-state index in [4.69, 9.17) is 11.6 Å². The van der Waals surface area contributed by atoms with E-state index in [9.17, 15) is 13.2 Å². The van der Waals surface area contributed by atoms with Crippen molar-refractivity contribution in [2.75, 3.05) is 18.4 Å². The van der Waals surface area contributed by atoms with Gasteiger partial charge >= 0.3 is 0 Å². The molecule has 1 amide bonds. The molecule has 33 heavy (non-hydrogen) atoms. The van der Waals surface area contributed by atoms with Gasteiger partial charge in [0.15, 0.2) is 6.04 Å². The van der Waals surface area contributed by atoms with E-state index in [1.54, 1.807) is 13.8 Å². The van der Waals surface area contributed by atoms with Gasteiger partial charge in [0, 0.05) is 18.7 Å². The summed E-state index contributed by atoms with van der Waals surface area (Å²) in [4.78, 5) is 14.5. The number of nitrogens with one attached hydrogen (secondary N) is 1. The first kappa shape index (κ1) is 24.8. The van der Waals surface area contributed by atoms with Crippen LogP contribution in [0.5, 0.6) is 0 Å². The third-order valence-electron chi connectivity index (χ3n) is 5.15. The summed E-state index contributed by atoms with van der Waals surface area (Å²) in [6.45, 7) is 7.92. The highest BCUT2D eigenvalue weighted by atomic mass is 35.5. The zero-order valence-corrected chi connectivity index (χ0v) is 20.5. The quantitative estimate of drug-likeness (QED) is 0.487. The molecule has 1 atom stereocenters. The summed E-state index contributed by atoms with van der Waals surface area (Å²) in [5, 5.41) is 15.5. The molecule has 3 aromatic rings. The highest BCUT2D eigenvalue weighted by molar-refractivity contribution is 7.89. The molecule has 9 nitrogen and oxygen atoms in total. The number of hydrogen-bond donors (Lipinski definition) is 1. The number of halogens is 1. The van der Waals surface area contributed by atoms with Gasteiger partial charge in [-0.2, -0.15) is 9.10 Å². The van der Waals surface area contributed by atoms with Crippen LogP contribution in [0.4, 0.5) is 5.69 Å². The summed E-state index contributed by atoms with van der Waals surface area (Å²) in [7, 11) is -3.71. The number of rotatable bonds is 9. The number of carbonyl (C=O) groups excluding carboxylic acids is 1. The number of sulfonamides is 1. The monoisotopic (exact) mass is 490 g/mol. The number of anilines is 1. The molecule has 3 rings (SSSR count). The van der Waals surface area contributed by atoms with Gasteiger partial charge < -0.3 is 5.32 Å². The molecule has 1 heterocycles. The molecule has 1 N–H and O–H groups in total. The van der Waals surface area contributed by atoms with E-state index in [1.807, 2.05) is 44.2 Å². The summed E-state index contributed by atoms with van der Waals surface area (Å²) in [6, 6.07) is 12.8. The SMILES string of the molecule is CCN(CC)S(=O)(=O)c1ccc(Cl)c(NC(=O)C(C(C)C)n2nnc(-c3ccccc3)n2)c1. The number of tetrazole rings is 1. The van der Waals surface area contributed by atoms with Crippen LogP contribution in [0.15, 0.2) is 53.4 Å². The van der Waals surface area contributed by atoms with Crippen molar-refractivity contribution in [3.63, 3.8) is 0 Å². The fraction of sp³-hybridized carbons (Fsp3) is 0.364. The Labute approximate surface area is 198 Å². The van der Waals surface area contributed by atoms with Crippen LogP contribution < -0.4 is 5.32 Å². The molecule has 11 heteroatoms. The molecule has 1 aromatic heterocycles. The van der Waals surface area contributed by atoms with Crippen LogP contribution in [0.25, 0.3) is 11.4 Å². The Morgan fingerprint density at radius 3 is 2.39 bits per heavy atom. The van der Waals surface area contributed by atoms with Gasteiger partial charge in [-0.25, -0.2) is 8.42 Å². The fourth-order valence-corrected chi connectivity index (χ4v) is 5.05. The van der Waals surface area contributed by atoms with Crippen LogP contribution in [-0.4, -0.2) is 51.9 Å². The maximum absolute atomic E-state index is 13.2. The second kappa shape index (κ2) is 10.4. The summed E-state index contributed by atoms with van der Waals surface area (Å²) < 4.78 is 27.1. The van der Waals surface area contributed by atoms with Crippen LogP contribution >= 0.6 is 11.6 Å². The van der Waals surface area contributed by atoms with Gasteiger partial charge in [-0.1, -0.05) is 69.6 Å². The van der Waals surface area contributed by atoms with Gasteiger partial charge in [-0.3, -0.25) is 4.79 Å². The van der Waals surface area contributed by atoms with Gasteiger partial charge in [0.05, 0.1) is 15.6 Å². The molecule has 2 aromatic carbocycles. The number of aromatic nitrogens is 4. The highest BCUT2D eigenvalue weighted by Gasteiger charge is 2.29. The van der Waals surface area contributed by atoms with Crippen LogP contribution in [0.3, 0.4) is 0 Å². The van der Waals surface area contributed by atoms with Crippen molar-refractivity contribution >= 4 is 33.2 Å². The number of nitrogens with zero attached hydrogens (tertiary/aromatic N) is 5. The van der Waals surface area contributed by atoms with E-state index < -0.39 is 22.0 Å². The Kier molecular flexibility index (Phi) is 7.83. The first-order chi connectivity index (χ1) is 15.7.